The van der Waals surface area contributed by atoms with Crippen LogP contribution in [0.3, 0.4) is 0 Å². The lowest BCUT2D eigenvalue weighted by Crippen LogP contribution is -2.03. The zero-order valence-electron chi connectivity index (χ0n) is 9.59. The van der Waals surface area contributed by atoms with Crippen molar-refractivity contribution < 1.29 is 14.3 Å². The molecular formula is C12H13N3O3. The maximum absolute atomic E-state index is 10.8. The number of hydrogen-bond donors (Lipinski definition) is 3. The Hall–Kier alpha value is -2.34. The molecule has 0 unspecified atom stereocenters. The Labute approximate surface area is 103 Å². The van der Waals surface area contributed by atoms with Crippen LogP contribution in [-0.2, 0) is 6.42 Å². The van der Waals surface area contributed by atoms with E-state index in [1.807, 2.05) is 0 Å². The number of nitrogens with zero attached hydrogens (tertiary/aromatic N) is 1. The van der Waals surface area contributed by atoms with E-state index in [1.165, 1.54) is 18.4 Å². The van der Waals surface area contributed by atoms with E-state index in [0.717, 1.165) is 5.69 Å². The summed E-state index contributed by atoms with van der Waals surface area (Å²) in [6, 6.07) is 6.73. The Morgan fingerprint density at radius 2 is 2.33 bits per heavy atom. The highest BCUT2D eigenvalue weighted by atomic mass is 16.4. The number of benzene rings is 1. The highest BCUT2D eigenvalue weighted by molar-refractivity contribution is 5.88. The summed E-state index contributed by atoms with van der Waals surface area (Å²) in [5, 5.41) is 11.8. The summed E-state index contributed by atoms with van der Waals surface area (Å²) in [5.74, 6) is -0.977. The van der Waals surface area contributed by atoms with Crippen LogP contribution in [0.5, 0.6) is 0 Å². The molecule has 0 saturated carbocycles. The lowest BCUT2D eigenvalue weighted by Gasteiger charge is -2.02. The van der Waals surface area contributed by atoms with Crippen LogP contribution in [0.15, 0.2) is 34.9 Å². The van der Waals surface area contributed by atoms with Gasteiger partial charge in [-0.1, -0.05) is 6.07 Å². The van der Waals surface area contributed by atoms with E-state index in [9.17, 15) is 4.79 Å². The molecule has 0 bridgehead atoms. The van der Waals surface area contributed by atoms with E-state index in [1.54, 1.807) is 12.1 Å². The molecule has 1 heterocycles. The zero-order valence-corrected chi connectivity index (χ0v) is 9.59. The van der Waals surface area contributed by atoms with Gasteiger partial charge in [-0.2, -0.15) is 4.98 Å². The summed E-state index contributed by atoms with van der Waals surface area (Å²) < 4.78 is 5.20. The van der Waals surface area contributed by atoms with Crippen molar-refractivity contribution in [3.05, 3.63) is 41.8 Å². The van der Waals surface area contributed by atoms with Crippen molar-refractivity contribution >= 4 is 17.7 Å². The number of oxazole rings is 1. The molecule has 0 atom stereocenters. The lowest BCUT2D eigenvalue weighted by molar-refractivity contribution is 0.0697. The standard InChI is InChI=1S/C12H13N3O3/c13-5-4-10-7-18-12(15-10)14-9-3-1-2-8(6-9)11(16)17/h1-3,6-7H,4-5,13H2,(H,14,15)(H,16,17). The first-order valence-electron chi connectivity index (χ1n) is 5.44. The van der Waals surface area contributed by atoms with Crippen molar-refractivity contribution in [3.8, 4) is 0 Å². The van der Waals surface area contributed by atoms with E-state index >= 15 is 0 Å². The fourth-order valence-corrected chi connectivity index (χ4v) is 1.48. The number of aromatic nitrogens is 1. The minimum atomic E-state index is -0.977. The normalized spacial score (nSPS) is 10.3. The number of hydrogen-bond acceptors (Lipinski definition) is 5. The van der Waals surface area contributed by atoms with Gasteiger partial charge in [0.2, 0.25) is 0 Å². The van der Waals surface area contributed by atoms with Crippen LogP contribution in [0.25, 0.3) is 0 Å². The van der Waals surface area contributed by atoms with Crippen LogP contribution in [0.1, 0.15) is 16.1 Å². The predicted molar refractivity (Wildman–Crippen MR) is 65.9 cm³/mol. The van der Waals surface area contributed by atoms with Crippen LogP contribution in [0, 0.1) is 0 Å². The Bertz CT molecular complexity index is 551. The summed E-state index contributed by atoms with van der Waals surface area (Å²) in [6.07, 6.45) is 2.16. The molecular weight excluding hydrogens is 234 g/mol. The second kappa shape index (κ2) is 5.33. The third-order valence-corrected chi connectivity index (χ3v) is 2.31. The number of nitrogens with two attached hydrogens (primary N) is 1. The number of nitrogens with one attached hydrogen (secondary N) is 1. The molecule has 94 valence electrons. The maximum Gasteiger partial charge on any atom is 0.335 e. The summed E-state index contributed by atoms with van der Waals surface area (Å²) >= 11 is 0. The number of carboxylic acids is 1. The molecule has 18 heavy (non-hydrogen) atoms. The molecule has 1 aromatic carbocycles. The molecule has 6 nitrogen and oxygen atoms in total. The summed E-state index contributed by atoms with van der Waals surface area (Å²) in [6.45, 7) is 0.500. The molecule has 1 aromatic heterocycles. The van der Waals surface area contributed by atoms with Crippen LogP contribution in [0.2, 0.25) is 0 Å². The van der Waals surface area contributed by atoms with Gasteiger partial charge in [0.15, 0.2) is 0 Å². The molecule has 6 heteroatoms. The van der Waals surface area contributed by atoms with Gasteiger partial charge in [-0.25, -0.2) is 4.79 Å². The number of rotatable bonds is 5. The van der Waals surface area contributed by atoms with Gasteiger partial charge in [0.1, 0.15) is 6.26 Å². The molecule has 2 aromatic rings. The average Bonchev–Trinajstić information content (AvgIpc) is 2.77. The monoisotopic (exact) mass is 247 g/mol. The van der Waals surface area contributed by atoms with E-state index in [-0.39, 0.29) is 5.56 Å². The van der Waals surface area contributed by atoms with Gasteiger partial charge in [0.05, 0.1) is 11.3 Å². The molecule has 0 radical (unpaired) electrons. The summed E-state index contributed by atoms with van der Waals surface area (Å²) in [5.41, 5.74) is 6.98. The highest BCUT2D eigenvalue weighted by Crippen LogP contribution is 2.17. The van der Waals surface area contributed by atoms with Crippen molar-refractivity contribution in [1.82, 2.24) is 4.98 Å². The van der Waals surface area contributed by atoms with Gasteiger partial charge in [0, 0.05) is 12.1 Å². The third-order valence-electron chi connectivity index (χ3n) is 2.31. The van der Waals surface area contributed by atoms with E-state index in [2.05, 4.69) is 10.3 Å². The van der Waals surface area contributed by atoms with E-state index in [4.69, 9.17) is 15.3 Å². The largest absolute Gasteiger partial charge is 0.478 e. The van der Waals surface area contributed by atoms with Gasteiger partial charge < -0.3 is 20.6 Å². The zero-order chi connectivity index (χ0) is 13.0. The van der Waals surface area contributed by atoms with Crippen LogP contribution >= 0.6 is 0 Å². The molecule has 0 aliphatic carbocycles. The molecule has 4 N–H and O–H groups in total. The highest BCUT2D eigenvalue weighted by Gasteiger charge is 2.06. The molecule has 0 fully saturated rings. The Morgan fingerprint density at radius 3 is 3.06 bits per heavy atom. The van der Waals surface area contributed by atoms with Crippen molar-refractivity contribution in [2.24, 2.45) is 5.73 Å². The van der Waals surface area contributed by atoms with Crippen LogP contribution in [-0.4, -0.2) is 22.6 Å². The van der Waals surface area contributed by atoms with E-state index < -0.39 is 5.97 Å². The molecule has 0 aliphatic rings. The minimum Gasteiger partial charge on any atom is -0.478 e. The second-order valence-electron chi connectivity index (χ2n) is 3.69. The van der Waals surface area contributed by atoms with Gasteiger partial charge >= 0.3 is 5.97 Å². The first-order chi connectivity index (χ1) is 8.69. The third kappa shape index (κ3) is 2.86. The lowest BCUT2D eigenvalue weighted by atomic mass is 10.2. The van der Waals surface area contributed by atoms with Gasteiger partial charge in [-0.3, -0.25) is 0 Å². The smallest absolute Gasteiger partial charge is 0.335 e. The molecule has 0 saturated heterocycles. The van der Waals surface area contributed by atoms with Crippen molar-refractivity contribution in [2.75, 3.05) is 11.9 Å². The predicted octanol–water partition coefficient (Wildman–Crippen LogP) is 1.62. The molecule has 0 spiro atoms. The second-order valence-corrected chi connectivity index (χ2v) is 3.69. The summed E-state index contributed by atoms with van der Waals surface area (Å²) in [7, 11) is 0. The first-order valence-corrected chi connectivity index (χ1v) is 5.44. The van der Waals surface area contributed by atoms with Gasteiger partial charge in [-0.15, -0.1) is 0 Å². The SMILES string of the molecule is NCCc1coc(Nc2cccc(C(=O)O)c2)n1. The quantitative estimate of drug-likeness (QED) is 0.742. The Balaban J connectivity index is 2.12. The van der Waals surface area contributed by atoms with Crippen molar-refractivity contribution in [1.29, 1.82) is 0 Å². The van der Waals surface area contributed by atoms with Crippen molar-refractivity contribution in [2.45, 2.75) is 6.42 Å². The van der Waals surface area contributed by atoms with Crippen molar-refractivity contribution in [3.63, 3.8) is 0 Å². The maximum atomic E-state index is 10.8. The topological polar surface area (TPSA) is 101 Å². The number of carbonyl (C=O) groups is 1. The number of aromatic carboxylic acids is 1. The fourth-order valence-electron chi connectivity index (χ4n) is 1.48. The first kappa shape index (κ1) is 12.1. The molecule has 2 rings (SSSR count). The number of anilines is 2. The average molecular weight is 247 g/mol. The van der Waals surface area contributed by atoms with Crippen LogP contribution in [0.4, 0.5) is 11.7 Å². The Morgan fingerprint density at radius 1 is 1.50 bits per heavy atom. The molecule has 0 aliphatic heterocycles. The van der Waals surface area contributed by atoms with Gasteiger partial charge in [-0.05, 0) is 24.7 Å². The summed E-state index contributed by atoms with van der Waals surface area (Å²) in [4.78, 5) is 15.0. The molecule has 0 amide bonds. The minimum absolute atomic E-state index is 0.203. The van der Waals surface area contributed by atoms with Gasteiger partial charge in [0.25, 0.3) is 6.01 Å². The van der Waals surface area contributed by atoms with E-state index in [0.29, 0.717) is 24.7 Å². The number of carboxylic acid groups (broad SMARTS) is 1. The Kier molecular flexibility index (Phi) is 3.59. The van der Waals surface area contributed by atoms with Crippen LogP contribution < -0.4 is 11.1 Å². The fraction of sp³-hybridized carbons (Fsp3) is 0.167.